The lowest BCUT2D eigenvalue weighted by atomic mass is 10.2. The van der Waals surface area contributed by atoms with Gasteiger partial charge in [0, 0.05) is 37.9 Å². The van der Waals surface area contributed by atoms with Crippen LogP contribution in [0.4, 0.5) is 11.5 Å². The lowest BCUT2D eigenvalue weighted by Crippen LogP contribution is -2.49. The summed E-state index contributed by atoms with van der Waals surface area (Å²) >= 11 is 0. The van der Waals surface area contributed by atoms with Crippen LogP contribution in [-0.4, -0.2) is 62.3 Å². The number of carbonyl (C=O) groups excluding carboxylic acids is 1. The zero-order valence-corrected chi connectivity index (χ0v) is 18.2. The van der Waals surface area contributed by atoms with Crippen LogP contribution in [0.25, 0.3) is 0 Å². The number of unbranched alkanes of at least 4 members (excludes halogenated alkanes) is 1. The average molecular weight is 447 g/mol. The molecular formula is C21H26N4O5S. The van der Waals surface area contributed by atoms with E-state index in [1.165, 1.54) is 0 Å². The molecule has 1 amide bonds. The first kappa shape index (κ1) is 21.4. The highest BCUT2D eigenvalue weighted by molar-refractivity contribution is 7.89. The number of sulfonamides is 1. The molecule has 166 valence electrons. The van der Waals surface area contributed by atoms with Crippen molar-refractivity contribution in [2.24, 2.45) is 0 Å². The smallest absolute Gasteiger partial charge is 0.255 e. The summed E-state index contributed by atoms with van der Waals surface area (Å²) in [5, 5.41) is 2.91. The lowest BCUT2D eigenvalue weighted by molar-refractivity contribution is 0.102. The van der Waals surface area contributed by atoms with Crippen LogP contribution in [0, 0.1) is 0 Å². The number of ether oxygens (including phenoxy) is 2. The number of rotatable bonds is 7. The molecule has 2 aliphatic rings. The minimum atomic E-state index is -3.23. The third-order valence-electron chi connectivity index (χ3n) is 5.36. The SMILES string of the molecule is CCCCS(=O)(=O)N1CCN(c2ncccc2NC(=O)c2ccc3c(c2)OCO3)CC1. The molecule has 0 atom stereocenters. The Hall–Kier alpha value is -2.85. The zero-order valence-electron chi connectivity index (χ0n) is 17.4. The highest BCUT2D eigenvalue weighted by Gasteiger charge is 2.28. The van der Waals surface area contributed by atoms with Gasteiger partial charge in [-0.05, 0) is 36.8 Å². The quantitative estimate of drug-likeness (QED) is 0.696. The van der Waals surface area contributed by atoms with Crippen molar-refractivity contribution in [3.63, 3.8) is 0 Å². The minimum absolute atomic E-state index is 0.146. The standard InChI is InChI=1S/C21H26N4O5S/c1-2-3-13-31(27,28)25-11-9-24(10-12-25)20-17(5-4-8-22-20)23-21(26)16-6-7-18-19(14-16)30-15-29-18/h4-8,14H,2-3,9-13,15H2,1H3,(H,23,26). The molecule has 2 aliphatic heterocycles. The van der Waals surface area contributed by atoms with E-state index in [-0.39, 0.29) is 18.5 Å². The predicted octanol–water partition coefficient (Wildman–Crippen LogP) is 2.31. The number of piperazine rings is 1. The van der Waals surface area contributed by atoms with Crippen LogP contribution >= 0.6 is 0 Å². The molecule has 0 spiro atoms. The second kappa shape index (κ2) is 9.11. The van der Waals surface area contributed by atoms with Crippen molar-refractivity contribution < 1.29 is 22.7 Å². The molecule has 1 N–H and O–H groups in total. The van der Waals surface area contributed by atoms with E-state index in [1.54, 1.807) is 40.8 Å². The molecule has 0 saturated carbocycles. The van der Waals surface area contributed by atoms with Gasteiger partial charge in [-0.3, -0.25) is 4.79 Å². The van der Waals surface area contributed by atoms with Gasteiger partial charge in [-0.1, -0.05) is 13.3 Å². The molecule has 1 aromatic carbocycles. The number of benzene rings is 1. The number of hydrogen-bond donors (Lipinski definition) is 1. The van der Waals surface area contributed by atoms with Crippen molar-refractivity contribution >= 4 is 27.4 Å². The topological polar surface area (TPSA) is 101 Å². The first-order chi connectivity index (χ1) is 15.0. The first-order valence-corrected chi connectivity index (χ1v) is 12.0. The third kappa shape index (κ3) is 4.75. The van der Waals surface area contributed by atoms with E-state index >= 15 is 0 Å². The second-order valence-electron chi connectivity index (χ2n) is 7.45. The highest BCUT2D eigenvalue weighted by atomic mass is 32.2. The Balaban J connectivity index is 1.44. The second-order valence-corrected chi connectivity index (χ2v) is 9.54. The van der Waals surface area contributed by atoms with E-state index in [0.29, 0.717) is 61.2 Å². The Morgan fingerprint density at radius 1 is 1.13 bits per heavy atom. The molecule has 3 heterocycles. The van der Waals surface area contributed by atoms with Crippen molar-refractivity contribution in [3.8, 4) is 11.5 Å². The summed E-state index contributed by atoms with van der Waals surface area (Å²) in [6, 6.07) is 8.58. The number of carbonyl (C=O) groups is 1. The number of pyridine rings is 1. The normalized spacial score (nSPS) is 16.4. The molecule has 0 aliphatic carbocycles. The maximum atomic E-state index is 12.8. The van der Waals surface area contributed by atoms with Crippen molar-refractivity contribution in [2.45, 2.75) is 19.8 Å². The number of amides is 1. The van der Waals surface area contributed by atoms with Gasteiger partial charge in [-0.25, -0.2) is 13.4 Å². The number of nitrogens with one attached hydrogen (secondary N) is 1. The first-order valence-electron chi connectivity index (χ1n) is 10.4. The predicted molar refractivity (Wildman–Crippen MR) is 117 cm³/mol. The molecule has 0 unspecified atom stereocenters. The maximum absolute atomic E-state index is 12.8. The summed E-state index contributed by atoms with van der Waals surface area (Å²) in [6.07, 6.45) is 3.17. The van der Waals surface area contributed by atoms with Crippen LogP contribution in [0.15, 0.2) is 36.5 Å². The Bertz CT molecular complexity index is 1050. The van der Waals surface area contributed by atoms with Crippen LogP contribution in [-0.2, 0) is 10.0 Å². The van der Waals surface area contributed by atoms with E-state index in [0.717, 1.165) is 6.42 Å². The minimum Gasteiger partial charge on any atom is -0.454 e. The fourth-order valence-corrected chi connectivity index (χ4v) is 5.24. The Morgan fingerprint density at radius 2 is 1.90 bits per heavy atom. The molecule has 31 heavy (non-hydrogen) atoms. The largest absolute Gasteiger partial charge is 0.454 e. The third-order valence-corrected chi connectivity index (χ3v) is 7.31. The van der Waals surface area contributed by atoms with Gasteiger partial charge in [0.25, 0.3) is 5.91 Å². The number of nitrogens with zero attached hydrogens (tertiary/aromatic N) is 3. The van der Waals surface area contributed by atoms with Gasteiger partial charge < -0.3 is 19.7 Å². The van der Waals surface area contributed by atoms with Crippen molar-refractivity contribution in [2.75, 3.05) is 48.9 Å². The van der Waals surface area contributed by atoms with Gasteiger partial charge in [-0.15, -0.1) is 0 Å². The van der Waals surface area contributed by atoms with Crippen LogP contribution in [0.5, 0.6) is 11.5 Å². The Labute approximate surface area is 182 Å². The number of hydrogen-bond acceptors (Lipinski definition) is 7. The molecule has 1 saturated heterocycles. The zero-order chi connectivity index (χ0) is 21.8. The van der Waals surface area contributed by atoms with E-state index in [2.05, 4.69) is 10.3 Å². The Kier molecular flexibility index (Phi) is 6.28. The van der Waals surface area contributed by atoms with Crippen LogP contribution in [0.2, 0.25) is 0 Å². The van der Waals surface area contributed by atoms with Crippen LogP contribution in [0.3, 0.4) is 0 Å². The fourth-order valence-electron chi connectivity index (χ4n) is 3.61. The molecule has 10 heteroatoms. The van der Waals surface area contributed by atoms with Gasteiger partial charge in [0.15, 0.2) is 17.3 Å². The van der Waals surface area contributed by atoms with Crippen molar-refractivity contribution in [1.82, 2.24) is 9.29 Å². The number of anilines is 2. The van der Waals surface area contributed by atoms with E-state index < -0.39 is 10.0 Å². The van der Waals surface area contributed by atoms with E-state index in [9.17, 15) is 13.2 Å². The van der Waals surface area contributed by atoms with Gasteiger partial charge in [0.1, 0.15) is 0 Å². The summed E-state index contributed by atoms with van der Waals surface area (Å²) in [6.45, 7) is 3.95. The number of fused-ring (bicyclic) bond motifs is 1. The molecule has 0 bridgehead atoms. The summed E-state index contributed by atoms with van der Waals surface area (Å²) in [4.78, 5) is 19.2. The molecule has 0 radical (unpaired) electrons. The lowest BCUT2D eigenvalue weighted by Gasteiger charge is -2.35. The average Bonchev–Trinajstić information content (AvgIpc) is 3.26. The van der Waals surface area contributed by atoms with Crippen LogP contribution in [0.1, 0.15) is 30.1 Å². The van der Waals surface area contributed by atoms with Crippen molar-refractivity contribution in [3.05, 3.63) is 42.1 Å². The van der Waals surface area contributed by atoms with E-state index in [1.807, 2.05) is 11.8 Å². The molecular weight excluding hydrogens is 420 g/mol. The highest BCUT2D eigenvalue weighted by Crippen LogP contribution is 2.33. The van der Waals surface area contributed by atoms with Gasteiger partial charge in [0.2, 0.25) is 16.8 Å². The molecule has 9 nitrogen and oxygen atoms in total. The van der Waals surface area contributed by atoms with Crippen molar-refractivity contribution in [1.29, 1.82) is 0 Å². The summed E-state index contributed by atoms with van der Waals surface area (Å²) in [7, 11) is -3.23. The fraction of sp³-hybridized carbons (Fsp3) is 0.429. The van der Waals surface area contributed by atoms with Gasteiger partial charge >= 0.3 is 0 Å². The molecule has 1 aromatic heterocycles. The Morgan fingerprint density at radius 3 is 2.68 bits per heavy atom. The van der Waals surface area contributed by atoms with E-state index in [4.69, 9.17) is 9.47 Å². The summed E-state index contributed by atoms with van der Waals surface area (Å²) < 4.78 is 37.1. The van der Waals surface area contributed by atoms with Gasteiger partial charge in [-0.2, -0.15) is 4.31 Å². The van der Waals surface area contributed by atoms with Crippen LogP contribution < -0.4 is 19.7 Å². The van der Waals surface area contributed by atoms with Gasteiger partial charge in [0.05, 0.1) is 11.4 Å². The number of aromatic nitrogens is 1. The summed E-state index contributed by atoms with van der Waals surface area (Å²) in [5.74, 6) is 1.68. The maximum Gasteiger partial charge on any atom is 0.255 e. The molecule has 1 fully saturated rings. The molecule has 2 aromatic rings. The monoisotopic (exact) mass is 446 g/mol. The molecule has 4 rings (SSSR count). The summed E-state index contributed by atoms with van der Waals surface area (Å²) in [5.41, 5.74) is 1.03.